The van der Waals surface area contributed by atoms with Gasteiger partial charge in [-0.2, -0.15) is 0 Å². The Kier molecular flexibility index (Phi) is 4.36. The molecule has 0 aliphatic rings. The van der Waals surface area contributed by atoms with Crippen LogP contribution < -0.4 is 10.1 Å². The number of benzene rings is 1. The second-order valence-corrected chi connectivity index (χ2v) is 3.98. The lowest BCUT2D eigenvalue weighted by molar-refractivity contribution is 0.340. The first-order valence-electron chi connectivity index (χ1n) is 5.72. The minimum atomic E-state index is 0.239. The Hall–Kier alpha value is -1.81. The number of hydrogen-bond donors (Lipinski definition) is 1. The van der Waals surface area contributed by atoms with Gasteiger partial charge in [-0.25, -0.2) is 9.97 Å². The van der Waals surface area contributed by atoms with E-state index in [1.54, 1.807) is 12.3 Å². The number of aromatic nitrogens is 2. The second kappa shape index (κ2) is 6.21. The third kappa shape index (κ3) is 3.60. The average molecular weight is 264 g/mol. The van der Waals surface area contributed by atoms with Crippen LogP contribution in [0.3, 0.4) is 0 Å². The molecule has 2 aromatic rings. The summed E-state index contributed by atoms with van der Waals surface area (Å²) in [6.07, 6.45) is 1.62. The van der Waals surface area contributed by atoms with Crippen LogP contribution in [0.15, 0.2) is 36.5 Å². The van der Waals surface area contributed by atoms with Crippen LogP contribution >= 0.6 is 11.6 Å². The smallest absolute Gasteiger partial charge is 0.224 e. The normalized spacial score (nSPS) is 10.1. The van der Waals surface area contributed by atoms with Gasteiger partial charge in [-0.05, 0) is 42.3 Å². The topological polar surface area (TPSA) is 47.0 Å². The lowest BCUT2D eigenvalue weighted by Gasteiger charge is -2.08. The van der Waals surface area contributed by atoms with E-state index < -0.39 is 0 Å². The van der Waals surface area contributed by atoms with Gasteiger partial charge in [0.25, 0.3) is 0 Å². The van der Waals surface area contributed by atoms with Crippen molar-refractivity contribution in [3.8, 4) is 5.75 Å². The fourth-order valence-corrected chi connectivity index (χ4v) is 1.69. The molecule has 1 aromatic heterocycles. The number of halogens is 1. The van der Waals surface area contributed by atoms with Crippen LogP contribution in [0.4, 0.5) is 5.82 Å². The van der Waals surface area contributed by atoms with Gasteiger partial charge in [-0.1, -0.05) is 12.1 Å². The lowest BCUT2D eigenvalue weighted by atomic mass is 10.2. The SMILES string of the molecule is CCOc1cccc(CNc2ccnc(Cl)n2)c1. The van der Waals surface area contributed by atoms with Gasteiger partial charge >= 0.3 is 0 Å². The summed E-state index contributed by atoms with van der Waals surface area (Å²) in [5.74, 6) is 1.58. The van der Waals surface area contributed by atoms with Gasteiger partial charge in [0.15, 0.2) is 0 Å². The standard InChI is InChI=1S/C13H14ClN3O/c1-2-18-11-5-3-4-10(8-11)9-16-12-6-7-15-13(14)17-12/h3-8H,2,9H2,1H3,(H,15,16,17). The molecule has 1 heterocycles. The summed E-state index contributed by atoms with van der Waals surface area (Å²) in [5, 5.41) is 3.42. The van der Waals surface area contributed by atoms with E-state index in [9.17, 15) is 0 Å². The third-order valence-electron chi connectivity index (χ3n) is 2.31. The molecule has 0 fully saturated rings. The molecule has 94 valence electrons. The molecule has 0 aliphatic heterocycles. The van der Waals surface area contributed by atoms with Crippen LogP contribution in [0.5, 0.6) is 5.75 Å². The molecule has 1 aromatic carbocycles. The van der Waals surface area contributed by atoms with Crippen molar-refractivity contribution in [2.45, 2.75) is 13.5 Å². The molecule has 0 saturated heterocycles. The first-order valence-corrected chi connectivity index (χ1v) is 6.10. The predicted octanol–water partition coefficient (Wildman–Crippen LogP) is 3.14. The molecular weight excluding hydrogens is 250 g/mol. The van der Waals surface area contributed by atoms with Gasteiger partial charge in [0.2, 0.25) is 5.28 Å². The van der Waals surface area contributed by atoms with E-state index in [-0.39, 0.29) is 5.28 Å². The maximum Gasteiger partial charge on any atom is 0.224 e. The van der Waals surface area contributed by atoms with Crippen molar-refractivity contribution in [3.05, 3.63) is 47.4 Å². The minimum absolute atomic E-state index is 0.239. The van der Waals surface area contributed by atoms with Crippen molar-refractivity contribution in [2.75, 3.05) is 11.9 Å². The number of ether oxygens (including phenoxy) is 1. The van der Waals surface area contributed by atoms with E-state index in [0.29, 0.717) is 19.0 Å². The third-order valence-corrected chi connectivity index (χ3v) is 2.49. The van der Waals surface area contributed by atoms with Gasteiger partial charge < -0.3 is 10.1 Å². The molecule has 18 heavy (non-hydrogen) atoms. The van der Waals surface area contributed by atoms with E-state index in [1.165, 1.54) is 0 Å². The van der Waals surface area contributed by atoms with Crippen LogP contribution in [0.1, 0.15) is 12.5 Å². The molecule has 0 aliphatic carbocycles. The van der Waals surface area contributed by atoms with Crippen molar-refractivity contribution < 1.29 is 4.74 Å². The summed E-state index contributed by atoms with van der Waals surface area (Å²) < 4.78 is 5.44. The Balaban J connectivity index is 1.99. The molecule has 2 rings (SSSR count). The predicted molar refractivity (Wildman–Crippen MR) is 72.0 cm³/mol. The van der Waals surface area contributed by atoms with E-state index in [0.717, 1.165) is 11.3 Å². The zero-order valence-electron chi connectivity index (χ0n) is 10.1. The Morgan fingerprint density at radius 3 is 3.00 bits per heavy atom. The summed E-state index contributed by atoms with van der Waals surface area (Å²) in [7, 11) is 0. The molecule has 5 heteroatoms. The van der Waals surface area contributed by atoms with E-state index in [2.05, 4.69) is 15.3 Å². The van der Waals surface area contributed by atoms with Crippen LogP contribution in [-0.2, 0) is 6.54 Å². The molecule has 0 bridgehead atoms. The first-order chi connectivity index (χ1) is 8.78. The zero-order chi connectivity index (χ0) is 12.8. The first kappa shape index (κ1) is 12.6. The van der Waals surface area contributed by atoms with Crippen LogP contribution in [-0.4, -0.2) is 16.6 Å². The van der Waals surface area contributed by atoms with Crippen LogP contribution in [0.25, 0.3) is 0 Å². The number of anilines is 1. The average Bonchev–Trinajstić information content (AvgIpc) is 2.37. The van der Waals surface area contributed by atoms with Gasteiger partial charge in [-0.3, -0.25) is 0 Å². The van der Waals surface area contributed by atoms with Crippen LogP contribution in [0.2, 0.25) is 5.28 Å². The summed E-state index contributed by atoms with van der Waals surface area (Å²) in [6.45, 7) is 3.29. The Morgan fingerprint density at radius 2 is 2.22 bits per heavy atom. The van der Waals surface area contributed by atoms with E-state index in [1.807, 2.05) is 31.2 Å². The largest absolute Gasteiger partial charge is 0.494 e. The molecule has 0 spiro atoms. The molecule has 0 atom stereocenters. The maximum absolute atomic E-state index is 5.71. The molecular formula is C13H14ClN3O. The Bertz CT molecular complexity index is 519. The maximum atomic E-state index is 5.71. The van der Waals surface area contributed by atoms with Crippen molar-refractivity contribution in [1.82, 2.24) is 9.97 Å². The van der Waals surface area contributed by atoms with Crippen molar-refractivity contribution in [1.29, 1.82) is 0 Å². The fourth-order valence-electron chi connectivity index (χ4n) is 1.54. The fraction of sp³-hybridized carbons (Fsp3) is 0.231. The highest BCUT2D eigenvalue weighted by atomic mass is 35.5. The number of nitrogens with one attached hydrogen (secondary N) is 1. The quantitative estimate of drug-likeness (QED) is 0.842. The highest BCUT2D eigenvalue weighted by Gasteiger charge is 1.99. The van der Waals surface area contributed by atoms with Crippen molar-refractivity contribution in [2.24, 2.45) is 0 Å². The number of nitrogens with zero attached hydrogens (tertiary/aromatic N) is 2. The molecule has 0 amide bonds. The number of rotatable bonds is 5. The molecule has 4 nitrogen and oxygen atoms in total. The zero-order valence-corrected chi connectivity index (χ0v) is 10.8. The van der Waals surface area contributed by atoms with Crippen molar-refractivity contribution in [3.63, 3.8) is 0 Å². The van der Waals surface area contributed by atoms with E-state index in [4.69, 9.17) is 16.3 Å². The second-order valence-electron chi connectivity index (χ2n) is 3.64. The minimum Gasteiger partial charge on any atom is -0.494 e. The highest BCUT2D eigenvalue weighted by Crippen LogP contribution is 2.14. The monoisotopic (exact) mass is 263 g/mol. The van der Waals surface area contributed by atoms with Crippen LogP contribution in [0, 0.1) is 0 Å². The van der Waals surface area contributed by atoms with Crippen molar-refractivity contribution >= 4 is 17.4 Å². The van der Waals surface area contributed by atoms with Gasteiger partial charge in [0.1, 0.15) is 11.6 Å². The molecule has 0 saturated carbocycles. The summed E-state index contributed by atoms with van der Waals surface area (Å²) in [4.78, 5) is 7.89. The summed E-state index contributed by atoms with van der Waals surface area (Å²) in [5.41, 5.74) is 1.12. The lowest BCUT2D eigenvalue weighted by Crippen LogP contribution is -2.02. The Morgan fingerprint density at radius 1 is 1.33 bits per heavy atom. The molecule has 0 radical (unpaired) electrons. The highest BCUT2D eigenvalue weighted by molar-refractivity contribution is 6.28. The Labute approximate surface area is 111 Å². The summed E-state index contributed by atoms with van der Waals surface area (Å²) in [6, 6.07) is 9.71. The summed E-state index contributed by atoms with van der Waals surface area (Å²) >= 11 is 5.71. The molecule has 1 N–H and O–H groups in total. The molecule has 0 unspecified atom stereocenters. The van der Waals surface area contributed by atoms with Gasteiger partial charge in [-0.15, -0.1) is 0 Å². The van der Waals surface area contributed by atoms with Gasteiger partial charge in [0.05, 0.1) is 6.61 Å². The van der Waals surface area contributed by atoms with E-state index >= 15 is 0 Å². The number of hydrogen-bond acceptors (Lipinski definition) is 4. The van der Waals surface area contributed by atoms with Gasteiger partial charge in [0, 0.05) is 12.7 Å².